The standard InChI is InChI=1S/C67H100N8O18/c1-36(2)57(72-53(78)35-73-23-25-74(26-24-73)54(79)12-8-7-9-22-75-55(80)17-18-56(75)81)65(83)71-46(11-10-21-69-66(68)84)64(82)70-34-41(77)31-51-58(85-6)45-30-40(76)29-43-14-16-48-59(88-43)63-62-61(90-48)60-52(91-62)33-67(92-60,93-63)20-19-44-28-38(4)47(86-44)15-13-42-27-37(3)39(5)49(87-42)32-50(45)89-51/h17-18,36-37,41-52,57-63,77H,4-5,7-16,19-35H2,1-3,6H3,(H,70,82)(H,71,83)(H,72,78)(H3,68,69,84)/t37-,41+,42+,43-,44+,45+,46+,47+,48+,49-,50+,51-,52-,57+,58-,59+,60+,61?,62?,63+,67+/m1/s1. The summed E-state index contributed by atoms with van der Waals surface area (Å²) in [5, 5.41) is 22.8. The second-order valence-corrected chi connectivity index (χ2v) is 28.3. The number of nitrogens with one attached hydrogen (secondary N) is 4. The first-order valence-electron chi connectivity index (χ1n) is 34.4. The average molecular weight is 1310 g/mol. The SMILES string of the molecule is C=C1C[C@@H]2CC[C@@]34C[C@H]5OC6C(O[C@H]7CC[C@H](CC(=O)C[C@@H]8[C@@H](OC)[C@@H](C[C@H](O)CNC(=O)[C@H](CCCNC(N)=O)NC(=O)[C@@H](NC(=O)CN9CCN(C(=O)CCCCCN%10C(=O)C=CC%10=O)CC9)C(C)C)O[C@H]8C[C@H]8O[C@@H](CC[C@@H]1O2)C[C@@H](C)C8=C)O[C@@H]7[C@@H]6O3)[C@H]5O4. The van der Waals surface area contributed by atoms with Crippen molar-refractivity contribution in [2.45, 2.75) is 258 Å². The van der Waals surface area contributed by atoms with Crippen molar-refractivity contribution in [1.82, 2.24) is 36.0 Å². The third kappa shape index (κ3) is 16.4. The van der Waals surface area contributed by atoms with E-state index < -0.39 is 102 Å². The number of nitrogens with two attached hydrogens (primary N) is 1. The maximum Gasteiger partial charge on any atom is 0.312 e. The molecule has 12 heterocycles. The number of imide groups is 1. The van der Waals surface area contributed by atoms with Gasteiger partial charge < -0.3 is 79.6 Å². The summed E-state index contributed by atoms with van der Waals surface area (Å²) >= 11 is 0. The summed E-state index contributed by atoms with van der Waals surface area (Å²) in [4.78, 5) is 110. The van der Waals surface area contributed by atoms with Crippen molar-refractivity contribution in [3.05, 3.63) is 36.5 Å². The predicted octanol–water partition coefficient (Wildman–Crippen LogP) is 2.30. The number of primary amides is 1. The van der Waals surface area contributed by atoms with Crippen LogP contribution in [0.2, 0.25) is 0 Å². The average Bonchev–Trinajstić information content (AvgIpc) is 1.55. The van der Waals surface area contributed by atoms with E-state index in [1.807, 2.05) is 4.90 Å². The summed E-state index contributed by atoms with van der Waals surface area (Å²) in [6, 6.07) is -2.93. The number of unbranched alkanes of at least 4 members (excludes halogenated alkanes) is 2. The minimum atomic E-state index is -1.17. The number of amides is 8. The number of nitrogens with zero attached hydrogens (tertiary/aromatic N) is 3. The summed E-state index contributed by atoms with van der Waals surface area (Å²) in [7, 11) is 1.57. The van der Waals surface area contributed by atoms with E-state index in [0.29, 0.717) is 90.5 Å². The molecule has 21 atom stereocenters. The number of carbonyl (C=O) groups is 8. The molecule has 93 heavy (non-hydrogen) atoms. The molecule has 0 aromatic heterocycles. The summed E-state index contributed by atoms with van der Waals surface area (Å²) in [6.07, 6.45) is 5.79. The number of aliphatic hydroxyl groups excluding tert-OH is 1. The van der Waals surface area contributed by atoms with Crippen molar-refractivity contribution >= 4 is 47.3 Å². The zero-order valence-corrected chi connectivity index (χ0v) is 54.6. The number of rotatable bonds is 22. The third-order valence-electron chi connectivity index (χ3n) is 21.3. The molecule has 1 spiro atoms. The van der Waals surface area contributed by atoms with E-state index in [2.05, 4.69) is 41.3 Å². The molecule has 12 rings (SSSR count). The van der Waals surface area contributed by atoms with Crippen LogP contribution in [0, 0.1) is 17.8 Å². The lowest BCUT2D eigenvalue weighted by molar-refractivity contribution is -0.292. The molecule has 0 saturated carbocycles. The first kappa shape index (κ1) is 69.1. The van der Waals surface area contributed by atoms with E-state index in [9.17, 15) is 43.5 Å². The first-order chi connectivity index (χ1) is 44.6. The summed E-state index contributed by atoms with van der Waals surface area (Å²) in [5.41, 5.74) is 7.35. The van der Waals surface area contributed by atoms with Crippen LogP contribution in [0.25, 0.3) is 0 Å². The van der Waals surface area contributed by atoms with E-state index >= 15 is 0 Å². The second kappa shape index (κ2) is 30.4. The van der Waals surface area contributed by atoms with Gasteiger partial charge in [-0.15, -0.1) is 0 Å². The largest absolute Gasteiger partial charge is 0.391 e. The Kier molecular flexibility index (Phi) is 22.6. The lowest BCUT2D eigenvalue weighted by Gasteiger charge is -2.47. The van der Waals surface area contributed by atoms with Gasteiger partial charge in [0, 0.05) is 116 Å². The zero-order chi connectivity index (χ0) is 65.8. The molecule has 12 aliphatic rings. The highest BCUT2D eigenvalue weighted by Crippen LogP contribution is 2.54. The van der Waals surface area contributed by atoms with E-state index in [1.54, 1.807) is 25.9 Å². The highest BCUT2D eigenvalue weighted by Gasteiger charge is 2.69. The molecule has 7 N–H and O–H groups in total. The van der Waals surface area contributed by atoms with Gasteiger partial charge in [0.15, 0.2) is 5.79 Å². The van der Waals surface area contributed by atoms with Crippen LogP contribution in [0.5, 0.6) is 0 Å². The van der Waals surface area contributed by atoms with Crippen molar-refractivity contribution < 1.29 is 86.1 Å². The van der Waals surface area contributed by atoms with Crippen LogP contribution < -0.4 is 27.0 Å². The topological polar surface area (TPSA) is 324 Å². The van der Waals surface area contributed by atoms with E-state index in [4.69, 9.17) is 48.4 Å². The lowest BCUT2D eigenvalue weighted by Crippen LogP contribution is -2.61. The number of hydrogen-bond donors (Lipinski definition) is 6. The Bertz CT molecular complexity index is 2780. The van der Waals surface area contributed by atoms with Gasteiger partial charge in [0.1, 0.15) is 48.4 Å². The van der Waals surface area contributed by atoms with Gasteiger partial charge in [-0.25, -0.2) is 4.79 Å². The predicted molar refractivity (Wildman–Crippen MR) is 333 cm³/mol. The van der Waals surface area contributed by atoms with E-state index in [0.717, 1.165) is 43.3 Å². The molecule has 0 aliphatic carbocycles. The number of ketones is 1. The van der Waals surface area contributed by atoms with E-state index in [-0.39, 0.29) is 130 Å². The maximum atomic E-state index is 14.6. The molecule has 2 unspecified atom stereocenters. The molecule has 26 nitrogen and oxygen atoms in total. The quantitative estimate of drug-likeness (QED) is 0.0515. The number of ether oxygens (including phenoxy) is 9. The lowest BCUT2D eigenvalue weighted by atomic mass is 9.81. The minimum absolute atomic E-state index is 0.00598. The van der Waals surface area contributed by atoms with Gasteiger partial charge in [-0.2, -0.15) is 0 Å². The number of aliphatic hydroxyl groups is 1. The Balaban J connectivity index is 0.704. The molecule has 12 bridgehead atoms. The number of carbonyl (C=O) groups excluding carboxylic acids is 8. The number of fused-ring (bicyclic) bond motifs is 6. The normalized spacial score (nSPS) is 36.9. The highest BCUT2D eigenvalue weighted by molar-refractivity contribution is 6.12. The van der Waals surface area contributed by atoms with Crippen molar-refractivity contribution in [1.29, 1.82) is 0 Å². The van der Waals surface area contributed by atoms with Crippen LogP contribution in [0.1, 0.15) is 143 Å². The van der Waals surface area contributed by atoms with Crippen molar-refractivity contribution in [2.75, 3.05) is 59.5 Å². The fourth-order valence-electron chi connectivity index (χ4n) is 16.3. The van der Waals surface area contributed by atoms with Gasteiger partial charge >= 0.3 is 6.03 Å². The molecule has 0 radical (unpaired) electrons. The van der Waals surface area contributed by atoms with Gasteiger partial charge in [-0.1, -0.05) is 40.3 Å². The zero-order valence-electron chi connectivity index (χ0n) is 54.6. The third-order valence-corrected chi connectivity index (χ3v) is 21.3. The van der Waals surface area contributed by atoms with Crippen LogP contribution in [0.3, 0.4) is 0 Å². The molecule has 0 aromatic carbocycles. The van der Waals surface area contributed by atoms with Crippen LogP contribution >= 0.6 is 0 Å². The maximum absolute atomic E-state index is 14.6. The number of methoxy groups -OCH3 is 1. The van der Waals surface area contributed by atoms with Crippen LogP contribution in [-0.2, 0) is 76.2 Å². The Morgan fingerprint density at radius 1 is 0.742 bits per heavy atom. The van der Waals surface area contributed by atoms with Crippen molar-refractivity contribution in [3.8, 4) is 0 Å². The monoisotopic (exact) mass is 1300 g/mol. The molecular formula is C67H100N8O18. The fourth-order valence-corrected chi connectivity index (χ4v) is 16.3. The first-order valence-corrected chi connectivity index (χ1v) is 34.4. The highest BCUT2D eigenvalue weighted by atomic mass is 16.8. The molecule has 0 aromatic rings. The van der Waals surface area contributed by atoms with Gasteiger partial charge in [0.25, 0.3) is 11.8 Å². The Morgan fingerprint density at radius 2 is 1.46 bits per heavy atom. The molecule has 11 saturated heterocycles. The fraction of sp³-hybridized carbons (Fsp3) is 0.791. The number of hydrogen-bond acceptors (Lipinski definition) is 19. The van der Waals surface area contributed by atoms with E-state index in [1.165, 1.54) is 17.1 Å². The molecular weight excluding hydrogens is 1200 g/mol. The summed E-state index contributed by atoms with van der Waals surface area (Å²) in [6.45, 7) is 16.6. The van der Waals surface area contributed by atoms with Crippen molar-refractivity contribution in [2.24, 2.45) is 23.5 Å². The smallest absolute Gasteiger partial charge is 0.312 e. The summed E-state index contributed by atoms with van der Waals surface area (Å²) in [5.74, 6) is -3.86. The van der Waals surface area contributed by atoms with Gasteiger partial charge in [-0.05, 0) is 93.6 Å². The molecule has 12 aliphatic heterocycles. The van der Waals surface area contributed by atoms with Crippen molar-refractivity contribution in [3.63, 3.8) is 0 Å². The Labute approximate surface area is 545 Å². The minimum Gasteiger partial charge on any atom is -0.391 e. The number of urea groups is 1. The second-order valence-electron chi connectivity index (χ2n) is 28.3. The Hall–Kier alpha value is -5.26. The van der Waals surface area contributed by atoms with Gasteiger partial charge in [0.2, 0.25) is 23.6 Å². The molecule has 516 valence electrons. The van der Waals surface area contributed by atoms with Crippen LogP contribution in [0.15, 0.2) is 36.5 Å². The van der Waals surface area contributed by atoms with Crippen LogP contribution in [0.4, 0.5) is 4.79 Å². The number of Topliss-reactive ketones (excluding diaryl/α,β-unsaturated/α-hetero) is 1. The molecule has 11 fully saturated rings. The van der Waals surface area contributed by atoms with Gasteiger partial charge in [-0.3, -0.25) is 43.4 Å². The van der Waals surface area contributed by atoms with Crippen LogP contribution in [-0.4, -0.2) is 242 Å². The summed E-state index contributed by atoms with van der Waals surface area (Å²) < 4.78 is 61.0. The molecule has 26 heteroatoms. The van der Waals surface area contributed by atoms with Gasteiger partial charge in [0.05, 0.1) is 73.7 Å². The Morgan fingerprint density at radius 3 is 2.22 bits per heavy atom. The molecule has 8 amide bonds. The number of piperazine rings is 1.